The standard InChI is InChI=1S/C18H13ClFN3O/c1-11-5-6-14(19)8-16(11)23-18(24)13-9-21-17(22-10-13)12-3-2-4-15(20)7-12/h2-10H,1H3,(H,23,24). The number of aryl methyl sites for hydroxylation is 1. The SMILES string of the molecule is Cc1ccc(Cl)cc1NC(=O)c1cnc(-c2cccc(F)c2)nc1. The number of rotatable bonds is 3. The Balaban J connectivity index is 1.80. The summed E-state index contributed by atoms with van der Waals surface area (Å²) in [5, 5.41) is 3.31. The molecule has 0 fully saturated rings. The van der Waals surface area contributed by atoms with Gasteiger partial charge in [-0.1, -0.05) is 29.8 Å². The van der Waals surface area contributed by atoms with Crippen LogP contribution in [-0.4, -0.2) is 15.9 Å². The summed E-state index contributed by atoms with van der Waals surface area (Å²) < 4.78 is 13.2. The molecule has 0 spiro atoms. The first-order chi connectivity index (χ1) is 11.5. The maximum atomic E-state index is 13.2. The van der Waals surface area contributed by atoms with Crippen molar-refractivity contribution in [2.24, 2.45) is 0 Å². The molecule has 3 rings (SSSR count). The van der Waals surface area contributed by atoms with Gasteiger partial charge in [0.05, 0.1) is 5.56 Å². The molecule has 24 heavy (non-hydrogen) atoms. The molecule has 0 aliphatic heterocycles. The number of nitrogens with one attached hydrogen (secondary N) is 1. The molecule has 0 saturated heterocycles. The van der Waals surface area contributed by atoms with E-state index in [2.05, 4.69) is 15.3 Å². The fourth-order valence-corrected chi connectivity index (χ4v) is 2.32. The lowest BCUT2D eigenvalue weighted by Gasteiger charge is -2.09. The zero-order valence-corrected chi connectivity index (χ0v) is 13.5. The molecule has 2 aromatic carbocycles. The van der Waals surface area contributed by atoms with Gasteiger partial charge in [-0.15, -0.1) is 0 Å². The minimum atomic E-state index is -0.366. The summed E-state index contributed by atoms with van der Waals surface area (Å²) in [4.78, 5) is 20.5. The van der Waals surface area contributed by atoms with Gasteiger partial charge in [0.1, 0.15) is 5.82 Å². The Morgan fingerprint density at radius 3 is 2.58 bits per heavy atom. The summed E-state index contributed by atoms with van der Waals surface area (Å²) in [6, 6.07) is 11.2. The van der Waals surface area contributed by atoms with E-state index in [0.717, 1.165) is 5.56 Å². The first-order valence-corrected chi connectivity index (χ1v) is 7.56. The average molecular weight is 342 g/mol. The molecule has 0 bridgehead atoms. The van der Waals surface area contributed by atoms with Crippen molar-refractivity contribution >= 4 is 23.2 Å². The van der Waals surface area contributed by atoms with Crippen LogP contribution in [0.3, 0.4) is 0 Å². The van der Waals surface area contributed by atoms with Crippen LogP contribution in [-0.2, 0) is 0 Å². The van der Waals surface area contributed by atoms with Gasteiger partial charge < -0.3 is 5.32 Å². The molecule has 0 aliphatic rings. The second-order valence-corrected chi connectivity index (χ2v) is 5.66. The van der Waals surface area contributed by atoms with Crippen molar-refractivity contribution in [1.82, 2.24) is 9.97 Å². The number of aromatic nitrogens is 2. The van der Waals surface area contributed by atoms with E-state index in [1.165, 1.54) is 24.5 Å². The summed E-state index contributed by atoms with van der Waals surface area (Å²) in [5.74, 6) is -0.356. The van der Waals surface area contributed by atoms with Crippen molar-refractivity contribution in [1.29, 1.82) is 0 Å². The Morgan fingerprint density at radius 1 is 1.12 bits per heavy atom. The van der Waals surface area contributed by atoms with Crippen molar-refractivity contribution in [3.05, 3.63) is 76.8 Å². The number of nitrogens with zero attached hydrogens (tertiary/aromatic N) is 2. The summed E-state index contributed by atoms with van der Waals surface area (Å²) in [5.41, 5.74) is 2.37. The maximum absolute atomic E-state index is 13.2. The monoisotopic (exact) mass is 341 g/mol. The molecule has 6 heteroatoms. The number of carbonyl (C=O) groups is 1. The lowest BCUT2D eigenvalue weighted by Crippen LogP contribution is -2.13. The van der Waals surface area contributed by atoms with E-state index in [1.54, 1.807) is 24.3 Å². The molecule has 0 atom stereocenters. The Hall–Kier alpha value is -2.79. The lowest BCUT2D eigenvalue weighted by molar-refractivity contribution is 0.102. The summed E-state index contributed by atoms with van der Waals surface area (Å²) in [6.07, 6.45) is 2.81. The van der Waals surface area contributed by atoms with Crippen LogP contribution < -0.4 is 5.32 Å². The lowest BCUT2D eigenvalue weighted by atomic mass is 10.2. The highest BCUT2D eigenvalue weighted by molar-refractivity contribution is 6.31. The van der Waals surface area contributed by atoms with Crippen LogP contribution in [0.5, 0.6) is 0 Å². The van der Waals surface area contributed by atoms with Gasteiger partial charge in [-0.2, -0.15) is 0 Å². The molecule has 0 saturated carbocycles. The number of anilines is 1. The second-order valence-electron chi connectivity index (χ2n) is 5.22. The fraction of sp³-hybridized carbons (Fsp3) is 0.0556. The van der Waals surface area contributed by atoms with E-state index in [-0.39, 0.29) is 11.7 Å². The van der Waals surface area contributed by atoms with Gasteiger partial charge in [0.15, 0.2) is 5.82 Å². The third kappa shape index (κ3) is 3.58. The van der Waals surface area contributed by atoms with Crippen LogP contribution in [0.1, 0.15) is 15.9 Å². The van der Waals surface area contributed by atoms with Crippen LogP contribution in [0.4, 0.5) is 10.1 Å². The van der Waals surface area contributed by atoms with Crippen LogP contribution in [0, 0.1) is 12.7 Å². The van der Waals surface area contributed by atoms with Crippen molar-refractivity contribution in [2.75, 3.05) is 5.32 Å². The zero-order valence-electron chi connectivity index (χ0n) is 12.8. The van der Waals surface area contributed by atoms with Gasteiger partial charge in [0.2, 0.25) is 0 Å². The Morgan fingerprint density at radius 2 is 1.88 bits per heavy atom. The van der Waals surface area contributed by atoms with Gasteiger partial charge in [0.25, 0.3) is 5.91 Å². The van der Waals surface area contributed by atoms with Crippen LogP contribution in [0.15, 0.2) is 54.9 Å². The van der Waals surface area contributed by atoms with Crippen molar-refractivity contribution in [3.63, 3.8) is 0 Å². The molecule has 120 valence electrons. The van der Waals surface area contributed by atoms with E-state index < -0.39 is 0 Å². The highest BCUT2D eigenvalue weighted by atomic mass is 35.5. The van der Waals surface area contributed by atoms with E-state index in [9.17, 15) is 9.18 Å². The minimum absolute atomic E-state index is 0.300. The third-order valence-corrected chi connectivity index (χ3v) is 3.68. The molecule has 1 heterocycles. The number of carbonyl (C=O) groups excluding carboxylic acids is 1. The highest BCUT2D eigenvalue weighted by Gasteiger charge is 2.10. The maximum Gasteiger partial charge on any atom is 0.258 e. The number of benzene rings is 2. The third-order valence-electron chi connectivity index (χ3n) is 3.44. The minimum Gasteiger partial charge on any atom is -0.322 e. The first kappa shape index (κ1) is 16.1. The molecule has 3 aromatic rings. The van der Waals surface area contributed by atoms with Gasteiger partial charge in [-0.25, -0.2) is 14.4 Å². The molecule has 1 N–H and O–H groups in total. The normalized spacial score (nSPS) is 10.5. The number of hydrogen-bond donors (Lipinski definition) is 1. The predicted molar refractivity (Wildman–Crippen MR) is 91.6 cm³/mol. The summed E-state index contributed by atoms with van der Waals surface area (Å²) in [7, 11) is 0. The molecule has 1 amide bonds. The van der Waals surface area contributed by atoms with Gasteiger partial charge in [-0.3, -0.25) is 4.79 Å². The van der Waals surface area contributed by atoms with Crippen LogP contribution in [0.2, 0.25) is 5.02 Å². The Kier molecular flexibility index (Phi) is 4.53. The van der Waals surface area contributed by atoms with Crippen LogP contribution in [0.25, 0.3) is 11.4 Å². The molecule has 0 radical (unpaired) electrons. The second kappa shape index (κ2) is 6.76. The van der Waals surface area contributed by atoms with Crippen molar-refractivity contribution in [3.8, 4) is 11.4 Å². The van der Waals surface area contributed by atoms with Crippen LogP contribution >= 0.6 is 11.6 Å². The molecular formula is C18H13ClFN3O. The highest BCUT2D eigenvalue weighted by Crippen LogP contribution is 2.21. The topological polar surface area (TPSA) is 54.9 Å². The quantitative estimate of drug-likeness (QED) is 0.763. The number of halogens is 2. The number of amides is 1. The fourth-order valence-electron chi connectivity index (χ4n) is 2.15. The smallest absolute Gasteiger partial charge is 0.258 e. The largest absolute Gasteiger partial charge is 0.322 e. The number of hydrogen-bond acceptors (Lipinski definition) is 3. The predicted octanol–water partition coefficient (Wildman–Crippen LogP) is 4.50. The van der Waals surface area contributed by atoms with Crippen molar-refractivity contribution in [2.45, 2.75) is 6.92 Å². The van der Waals surface area contributed by atoms with Gasteiger partial charge >= 0.3 is 0 Å². The van der Waals surface area contributed by atoms with E-state index in [0.29, 0.717) is 27.7 Å². The summed E-state index contributed by atoms with van der Waals surface area (Å²) in [6.45, 7) is 1.87. The van der Waals surface area contributed by atoms with E-state index in [1.807, 2.05) is 13.0 Å². The molecular weight excluding hydrogens is 329 g/mol. The molecule has 0 unspecified atom stereocenters. The van der Waals surface area contributed by atoms with E-state index >= 15 is 0 Å². The molecule has 4 nitrogen and oxygen atoms in total. The molecule has 0 aliphatic carbocycles. The Bertz CT molecular complexity index is 897. The van der Waals surface area contributed by atoms with E-state index in [4.69, 9.17) is 11.6 Å². The van der Waals surface area contributed by atoms with Gasteiger partial charge in [0, 0.05) is 28.7 Å². The average Bonchev–Trinajstić information content (AvgIpc) is 2.58. The molecule has 1 aromatic heterocycles. The van der Waals surface area contributed by atoms with Gasteiger partial charge in [-0.05, 0) is 36.8 Å². The zero-order chi connectivity index (χ0) is 17.1. The van der Waals surface area contributed by atoms with Crippen molar-refractivity contribution < 1.29 is 9.18 Å². The summed E-state index contributed by atoms with van der Waals surface area (Å²) >= 11 is 5.94. The Labute approximate surface area is 143 Å². The first-order valence-electron chi connectivity index (χ1n) is 7.18.